The van der Waals surface area contributed by atoms with E-state index in [0.29, 0.717) is 12.1 Å². The quantitative estimate of drug-likeness (QED) is 0.531. The lowest BCUT2D eigenvalue weighted by Crippen LogP contribution is -2.05. The number of hydrogen-bond acceptors (Lipinski definition) is 1. The molecule has 0 aliphatic carbocycles. The van der Waals surface area contributed by atoms with Gasteiger partial charge in [-0.05, 0) is 6.08 Å². The van der Waals surface area contributed by atoms with Crippen molar-refractivity contribution < 1.29 is 4.79 Å². The third-order valence-electron chi connectivity index (χ3n) is 1.08. The lowest BCUT2D eigenvalue weighted by molar-refractivity contribution is -0.115. The first kappa shape index (κ1) is 6.08. The summed E-state index contributed by atoms with van der Waals surface area (Å²) >= 11 is 0. The van der Waals surface area contributed by atoms with Crippen molar-refractivity contribution in [1.29, 1.82) is 0 Å². The van der Waals surface area contributed by atoms with Crippen LogP contribution in [-0.4, -0.2) is 5.78 Å². The summed E-state index contributed by atoms with van der Waals surface area (Å²) in [6.07, 6.45) is 6.45. The number of carbonyl (C=O) groups is 1. The van der Waals surface area contributed by atoms with E-state index in [1.165, 1.54) is 0 Å². The SMILES string of the molecule is CCC(=O)C1=[C]C=C[N]1. The average Bonchev–Trinajstić information content (AvgIpc) is 2.37. The van der Waals surface area contributed by atoms with Gasteiger partial charge in [0.05, 0.1) is 0 Å². The molecule has 0 fully saturated rings. The second-order valence-corrected chi connectivity index (χ2v) is 1.71. The molecule has 2 heteroatoms. The van der Waals surface area contributed by atoms with E-state index in [-0.39, 0.29) is 5.78 Å². The number of rotatable bonds is 2. The van der Waals surface area contributed by atoms with E-state index < -0.39 is 0 Å². The Labute approximate surface area is 54.3 Å². The van der Waals surface area contributed by atoms with Crippen molar-refractivity contribution in [3.05, 3.63) is 24.0 Å². The fourth-order valence-electron chi connectivity index (χ4n) is 0.585. The highest BCUT2D eigenvalue weighted by molar-refractivity contribution is 5.94. The molecule has 2 nitrogen and oxygen atoms in total. The maximum absolute atomic E-state index is 10.8. The van der Waals surface area contributed by atoms with Gasteiger partial charge < -0.3 is 0 Å². The van der Waals surface area contributed by atoms with E-state index in [0.717, 1.165) is 0 Å². The topological polar surface area (TPSA) is 31.2 Å². The normalized spacial score (nSPS) is 15.0. The Morgan fingerprint density at radius 2 is 2.67 bits per heavy atom. The van der Waals surface area contributed by atoms with Crippen LogP contribution in [0.25, 0.3) is 0 Å². The molecule has 1 rings (SSSR count). The first-order chi connectivity index (χ1) is 4.34. The number of allylic oxidation sites excluding steroid dienone is 3. The summed E-state index contributed by atoms with van der Waals surface area (Å²) in [5, 5.41) is 3.78. The van der Waals surface area contributed by atoms with E-state index >= 15 is 0 Å². The molecule has 0 unspecified atom stereocenters. The highest BCUT2D eigenvalue weighted by Gasteiger charge is 2.08. The number of Topliss-reactive ketones (excluding diaryl/α,β-unsaturated/α-hetero) is 1. The van der Waals surface area contributed by atoms with Gasteiger partial charge in [-0.15, -0.1) is 0 Å². The van der Waals surface area contributed by atoms with Gasteiger partial charge in [-0.1, -0.05) is 6.92 Å². The molecule has 0 aromatic heterocycles. The predicted octanol–water partition coefficient (Wildman–Crippen LogP) is 0.784. The Kier molecular flexibility index (Phi) is 1.68. The molecule has 46 valence electrons. The molecular formula is C7H7NO. The molecule has 2 radical (unpaired) electrons. The maximum atomic E-state index is 10.8. The monoisotopic (exact) mass is 121 g/mol. The Balaban J connectivity index is 2.55. The Hall–Kier alpha value is -1.05. The zero-order valence-electron chi connectivity index (χ0n) is 5.22. The molecule has 0 saturated heterocycles. The molecule has 9 heavy (non-hydrogen) atoms. The molecule has 0 aromatic carbocycles. The second kappa shape index (κ2) is 2.49. The van der Waals surface area contributed by atoms with Gasteiger partial charge in [0.15, 0.2) is 5.78 Å². The van der Waals surface area contributed by atoms with Crippen LogP contribution in [0.4, 0.5) is 0 Å². The minimum absolute atomic E-state index is 0.0556. The minimum Gasteiger partial charge on any atom is -0.292 e. The van der Waals surface area contributed by atoms with Crippen molar-refractivity contribution in [2.24, 2.45) is 0 Å². The van der Waals surface area contributed by atoms with Crippen LogP contribution in [0.1, 0.15) is 13.3 Å². The summed E-state index contributed by atoms with van der Waals surface area (Å²) in [4.78, 5) is 10.8. The van der Waals surface area contributed by atoms with E-state index in [1.54, 1.807) is 12.3 Å². The summed E-state index contributed by atoms with van der Waals surface area (Å²) < 4.78 is 0. The zero-order valence-corrected chi connectivity index (χ0v) is 5.22. The smallest absolute Gasteiger partial charge is 0.181 e. The third kappa shape index (κ3) is 1.19. The summed E-state index contributed by atoms with van der Waals surface area (Å²) in [6, 6.07) is 0. The van der Waals surface area contributed by atoms with Gasteiger partial charge in [-0.2, -0.15) is 0 Å². The van der Waals surface area contributed by atoms with Crippen LogP contribution in [-0.2, 0) is 4.79 Å². The fraction of sp³-hybridized carbons (Fsp3) is 0.286. The number of ketones is 1. The van der Waals surface area contributed by atoms with E-state index in [4.69, 9.17) is 0 Å². The first-order valence-electron chi connectivity index (χ1n) is 2.87. The Morgan fingerprint density at radius 1 is 1.89 bits per heavy atom. The molecule has 0 aromatic rings. The molecular weight excluding hydrogens is 114 g/mol. The van der Waals surface area contributed by atoms with Crippen LogP contribution in [0.3, 0.4) is 0 Å². The molecule has 0 N–H and O–H groups in total. The highest BCUT2D eigenvalue weighted by Crippen LogP contribution is 2.02. The molecule has 0 bridgehead atoms. The van der Waals surface area contributed by atoms with E-state index in [9.17, 15) is 4.79 Å². The molecule has 1 aliphatic rings. The lowest BCUT2D eigenvalue weighted by Gasteiger charge is -1.93. The Morgan fingerprint density at radius 3 is 3.11 bits per heavy atom. The van der Waals surface area contributed by atoms with E-state index in [1.807, 2.05) is 6.92 Å². The van der Waals surface area contributed by atoms with Crippen molar-refractivity contribution in [3.63, 3.8) is 0 Å². The molecule has 1 heterocycles. The van der Waals surface area contributed by atoms with Crippen LogP contribution >= 0.6 is 0 Å². The summed E-state index contributed by atoms with van der Waals surface area (Å²) in [5.74, 6) is 0.0556. The molecule has 0 amide bonds. The highest BCUT2D eigenvalue weighted by atomic mass is 16.1. The predicted molar refractivity (Wildman–Crippen MR) is 33.3 cm³/mol. The van der Waals surface area contributed by atoms with Crippen molar-refractivity contribution in [2.45, 2.75) is 13.3 Å². The Bertz CT molecular complexity index is 179. The fourth-order valence-corrected chi connectivity index (χ4v) is 0.585. The van der Waals surface area contributed by atoms with Gasteiger partial charge in [0.2, 0.25) is 0 Å². The van der Waals surface area contributed by atoms with Gasteiger partial charge in [-0.3, -0.25) is 10.1 Å². The van der Waals surface area contributed by atoms with Gasteiger partial charge >= 0.3 is 0 Å². The van der Waals surface area contributed by atoms with E-state index in [2.05, 4.69) is 11.4 Å². The van der Waals surface area contributed by atoms with Crippen LogP contribution < -0.4 is 5.32 Å². The standard InChI is InChI=1S/C7H7NO/c1-2-7(9)6-4-3-5-8-6/h3,5H,2H2,1H3. The van der Waals surface area contributed by atoms with Crippen LogP contribution in [0.15, 0.2) is 18.0 Å². The summed E-state index contributed by atoms with van der Waals surface area (Å²) in [7, 11) is 0. The first-order valence-corrected chi connectivity index (χ1v) is 2.87. The van der Waals surface area contributed by atoms with Crippen molar-refractivity contribution >= 4 is 5.78 Å². The molecule has 0 spiro atoms. The molecule has 0 saturated carbocycles. The number of hydrogen-bond donors (Lipinski definition) is 0. The van der Waals surface area contributed by atoms with Crippen molar-refractivity contribution in [3.8, 4) is 0 Å². The summed E-state index contributed by atoms with van der Waals surface area (Å²) in [5.41, 5.74) is 0.456. The van der Waals surface area contributed by atoms with Crippen molar-refractivity contribution in [2.75, 3.05) is 0 Å². The minimum atomic E-state index is 0.0556. The van der Waals surface area contributed by atoms with Gasteiger partial charge in [0.25, 0.3) is 0 Å². The van der Waals surface area contributed by atoms with Crippen LogP contribution in [0.2, 0.25) is 0 Å². The third-order valence-corrected chi connectivity index (χ3v) is 1.08. The average molecular weight is 121 g/mol. The maximum Gasteiger partial charge on any atom is 0.181 e. The zero-order chi connectivity index (χ0) is 6.69. The van der Waals surface area contributed by atoms with Gasteiger partial charge in [0, 0.05) is 18.7 Å². The van der Waals surface area contributed by atoms with Gasteiger partial charge in [0.1, 0.15) is 5.70 Å². The van der Waals surface area contributed by atoms with Crippen molar-refractivity contribution in [1.82, 2.24) is 5.32 Å². The lowest BCUT2D eigenvalue weighted by atomic mass is 10.2. The van der Waals surface area contributed by atoms with Gasteiger partial charge in [-0.25, -0.2) is 0 Å². The number of carbonyl (C=O) groups excluding carboxylic acids is 1. The molecule has 0 atom stereocenters. The van der Waals surface area contributed by atoms with Crippen LogP contribution in [0, 0.1) is 6.08 Å². The molecule has 1 aliphatic heterocycles. The summed E-state index contributed by atoms with van der Waals surface area (Å²) in [6.45, 7) is 1.81. The second-order valence-electron chi connectivity index (χ2n) is 1.71. The van der Waals surface area contributed by atoms with Crippen LogP contribution in [0.5, 0.6) is 0 Å². The number of nitrogens with zero attached hydrogens (tertiary/aromatic N) is 1. The largest absolute Gasteiger partial charge is 0.292 e.